The summed E-state index contributed by atoms with van der Waals surface area (Å²) in [6.07, 6.45) is 0. The van der Waals surface area contributed by atoms with Gasteiger partial charge in [0.1, 0.15) is 0 Å². The largest absolute Gasteiger partial charge is 0.341 e. The number of nitrogens with one attached hydrogen (secondary N) is 6. The van der Waals surface area contributed by atoms with E-state index in [1.165, 1.54) is 21.1 Å². The molecule has 6 amide bonds. The molecule has 0 unspecified atom stereocenters. The third kappa shape index (κ3) is 6.68. The Morgan fingerprint density at radius 2 is 0.800 bits per heavy atom. The Morgan fingerprint density at radius 1 is 0.567 bits per heavy atom. The standard InChI is InChI=1S/C15H27N9O6/c1-16-10(25)19-4-7-22-13(28)23(8-5-20-11(26)17-2)15(30)24(14(22)29)9-6-21-12(27)18-3/h4-9H2,1-3H3,(H2,16,19,25)(H2,17,20,26)(H2,18,21,27). The Labute approximate surface area is 170 Å². The lowest BCUT2D eigenvalue weighted by molar-refractivity contribution is 0.242. The summed E-state index contributed by atoms with van der Waals surface area (Å²) in [5, 5.41) is 14.3. The molecule has 0 aliphatic heterocycles. The maximum Gasteiger partial charge on any atom is 0.336 e. The zero-order chi connectivity index (χ0) is 22.7. The highest BCUT2D eigenvalue weighted by Gasteiger charge is 2.16. The van der Waals surface area contributed by atoms with Crippen LogP contribution in [0.15, 0.2) is 14.4 Å². The molecular weight excluding hydrogens is 402 g/mol. The first-order valence-corrected chi connectivity index (χ1v) is 9.08. The summed E-state index contributed by atoms with van der Waals surface area (Å²) in [7, 11) is 4.23. The molecule has 0 aromatic carbocycles. The van der Waals surface area contributed by atoms with Crippen LogP contribution in [0.25, 0.3) is 0 Å². The van der Waals surface area contributed by atoms with Crippen LogP contribution in [0.4, 0.5) is 14.4 Å². The third-order valence-corrected chi connectivity index (χ3v) is 3.93. The van der Waals surface area contributed by atoms with Gasteiger partial charge < -0.3 is 31.9 Å². The number of aromatic nitrogens is 3. The first kappa shape index (κ1) is 24.3. The molecule has 0 spiro atoms. The van der Waals surface area contributed by atoms with Crippen molar-refractivity contribution in [3.8, 4) is 0 Å². The van der Waals surface area contributed by atoms with Gasteiger partial charge >= 0.3 is 35.2 Å². The smallest absolute Gasteiger partial charge is 0.336 e. The van der Waals surface area contributed by atoms with Gasteiger partial charge in [-0.1, -0.05) is 0 Å². The van der Waals surface area contributed by atoms with Gasteiger partial charge in [0.2, 0.25) is 0 Å². The summed E-state index contributed by atoms with van der Waals surface area (Å²) in [6, 6.07) is -1.50. The Kier molecular flexibility index (Phi) is 9.64. The summed E-state index contributed by atoms with van der Waals surface area (Å²) in [6.45, 7) is -0.675. The molecule has 0 radical (unpaired) electrons. The van der Waals surface area contributed by atoms with Crippen molar-refractivity contribution in [1.82, 2.24) is 45.6 Å². The van der Waals surface area contributed by atoms with Gasteiger partial charge in [-0.3, -0.25) is 0 Å². The number of hydrogen-bond donors (Lipinski definition) is 6. The quantitative estimate of drug-likeness (QED) is 0.232. The van der Waals surface area contributed by atoms with Crippen molar-refractivity contribution >= 4 is 18.1 Å². The molecule has 30 heavy (non-hydrogen) atoms. The van der Waals surface area contributed by atoms with Crippen LogP contribution in [-0.4, -0.2) is 72.6 Å². The summed E-state index contributed by atoms with van der Waals surface area (Å²) in [5.41, 5.74) is -2.63. The second-order valence-corrected chi connectivity index (χ2v) is 5.82. The highest BCUT2D eigenvalue weighted by molar-refractivity contribution is 5.73. The number of amides is 6. The average Bonchev–Trinajstić information content (AvgIpc) is 2.74. The molecule has 15 heteroatoms. The first-order valence-electron chi connectivity index (χ1n) is 9.08. The summed E-state index contributed by atoms with van der Waals surface area (Å²) < 4.78 is 2.41. The molecule has 6 N–H and O–H groups in total. The minimum atomic E-state index is -0.877. The third-order valence-electron chi connectivity index (χ3n) is 3.93. The van der Waals surface area contributed by atoms with Gasteiger partial charge in [-0.2, -0.15) is 0 Å². The van der Waals surface area contributed by atoms with Crippen molar-refractivity contribution in [2.24, 2.45) is 0 Å². The van der Waals surface area contributed by atoms with E-state index in [1.54, 1.807) is 0 Å². The Hall–Kier alpha value is -3.78. The van der Waals surface area contributed by atoms with Crippen LogP contribution in [0.2, 0.25) is 0 Å². The molecule has 0 atom stereocenters. The molecule has 168 valence electrons. The SMILES string of the molecule is CNC(=O)NCCn1c(=O)n(CCNC(=O)NC)c(=O)n(CCNC(=O)NC)c1=O. The fourth-order valence-electron chi connectivity index (χ4n) is 2.37. The number of urea groups is 3. The number of carbonyl (C=O) groups excluding carboxylic acids is 3. The normalized spacial score (nSPS) is 10.1. The minimum Gasteiger partial charge on any atom is -0.341 e. The lowest BCUT2D eigenvalue weighted by Crippen LogP contribution is -2.57. The van der Waals surface area contributed by atoms with Gasteiger partial charge in [0, 0.05) is 60.4 Å². The van der Waals surface area contributed by atoms with Gasteiger partial charge in [-0.05, 0) is 0 Å². The lowest BCUT2D eigenvalue weighted by atomic mass is 10.5. The highest BCUT2D eigenvalue weighted by Crippen LogP contribution is 1.79. The molecule has 15 nitrogen and oxygen atoms in total. The van der Waals surface area contributed by atoms with Gasteiger partial charge in [0.05, 0.1) is 0 Å². The number of rotatable bonds is 9. The number of hydrogen-bond acceptors (Lipinski definition) is 6. The Bertz CT molecular complexity index is 783. The van der Waals surface area contributed by atoms with Crippen molar-refractivity contribution in [2.75, 3.05) is 40.8 Å². The molecule has 0 bridgehead atoms. The molecule has 0 aliphatic rings. The minimum absolute atomic E-state index is 0.0417. The van der Waals surface area contributed by atoms with Crippen molar-refractivity contribution in [3.05, 3.63) is 31.5 Å². The van der Waals surface area contributed by atoms with E-state index < -0.39 is 35.2 Å². The molecule has 0 saturated carbocycles. The molecule has 1 heterocycles. The molecule has 1 rings (SSSR count). The van der Waals surface area contributed by atoms with E-state index in [4.69, 9.17) is 0 Å². The van der Waals surface area contributed by atoms with Crippen LogP contribution in [-0.2, 0) is 19.6 Å². The van der Waals surface area contributed by atoms with Gasteiger partial charge in [-0.25, -0.2) is 42.5 Å². The fourth-order valence-corrected chi connectivity index (χ4v) is 2.37. The lowest BCUT2D eigenvalue weighted by Gasteiger charge is -2.15. The van der Waals surface area contributed by atoms with Gasteiger partial charge in [0.25, 0.3) is 0 Å². The van der Waals surface area contributed by atoms with Crippen LogP contribution < -0.4 is 49.0 Å². The molecule has 0 fully saturated rings. The van der Waals surface area contributed by atoms with E-state index in [1.807, 2.05) is 0 Å². The van der Waals surface area contributed by atoms with E-state index in [0.29, 0.717) is 0 Å². The molecule has 0 aliphatic carbocycles. The predicted octanol–water partition coefficient (Wildman–Crippen LogP) is -4.04. The second kappa shape index (κ2) is 11.9. The summed E-state index contributed by atoms with van der Waals surface area (Å²) in [5.74, 6) is 0. The highest BCUT2D eigenvalue weighted by atomic mass is 16.2. The van der Waals surface area contributed by atoms with Crippen LogP contribution >= 0.6 is 0 Å². The Balaban J connectivity index is 3.20. The van der Waals surface area contributed by atoms with E-state index in [9.17, 15) is 28.8 Å². The maximum atomic E-state index is 12.7. The second-order valence-electron chi connectivity index (χ2n) is 5.82. The van der Waals surface area contributed by atoms with E-state index in [-0.39, 0.29) is 39.3 Å². The van der Waals surface area contributed by atoms with Crippen molar-refractivity contribution in [3.63, 3.8) is 0 Å². The maximum absolute atomic E-state index is 12.7. The van der Waals surface area contributed by atoms with Gasteiger partial charge in [0.15, 0.2) is 0 Å². The monoisotopic (exact) mass is 429 g/mol. The van der Waals surface area contributed by atoms with Crippen molar-refractivity contribution in [1.29, 1.82) is 0 Å². The molecular formula is C15H27N9O6. The van der Waals surface area contributed by atoms with E-state index in [2.05, 4.69) is 31.9 Å². The Morgan fingerprint density at radius 3 is 1.00 bits per heavy atom. The van der Waals surface area contributed by atoms with Crippen LogP contribution in [0.5, 0.6) is 0 Å². The molecule has 0 saturated heterocycles. The van der Waals surface area contributed by atoms with Gasteiger partial charge in [-0.15, -0.1) is 0 Å². The molecule has 1 aromatic heterocycles. The molecule has 1 aromatic rings. The number of nitrogens with zero attached hydrogens (tertiary/aromatic N) is 3. The van der Waals surface area contributed by atoms with Crippen molar-refractivity contribution in [2.45, 2.75) is 19.6 Å². The topological polar surface area (TPSA) is 189 Å². The number of carbonyl (C=O) groups is 3. The summed E-state index contributed by atoms with van der Waals surface area (Å²) in [4.78, 5) is 71.8. The van der Waals surface area contributed by atoms with E-state index in [0.717, 1.165) is 13.7 Å². The zero-order valence-corrected chi connectivity index (χ0v) is 17.0. The zero-order valence-electron chi connectivity index (χ0n) is 17.0. The van der Waals surface area contributed by atoms with E-state index >= 15 is 0 Å². The van der Waals surface area contributed by atoms with Crippen LogP contribution in [0.1, 0.15) is 0 Å². The van der Waals surface area contributed by atoms with Crippen LogP contribution in [0, 0.1) is 0 Å². The van der Waals surface area contributed by atoms with Crippen molar-refractivity contribution < 1.29 is 14.4 Å². The average molecular weight is 429 g/mol. The predicted molar refractivity (Wildman–Crippen MR) is 107 cm³/mol. The fraction of sp³-hybridized carbons (Fsp3) is 0.600. The summed E-state index contributed by atoms with van der Waals surface area (Å²) >= 11 is 0. The van der Waals surface area contributed by atoms with Crippen LogP contribution in [0.3, 0.4) is 0 Å². The first-order chi connectivity index (χ1) is 14.3.